The smallest absolute Gasteiger partial charge is 0.319 e. The summed E-state index contributed by atoms with van der Waals surface area (Å²) in [6.45, 7) is 4.05. The Hall–Kier alpha value is -2.09. The SMILES string of the molecule is C=CCNC(=O)Nc1cc(N2CCCS2(=O)=O)ccc1F. The van der Waals surface area contributed by atoms with E-state index in [1.165, 1.54) is 22.5 Å². The predicted octanol–water partition coefficient (Wildman–Crippen LogP) is 1.67. The minimum absolute atomic E-state index is 0.0730. The highest BCUT2D eigenvalue weighted by molar-refractivity contribution is 7.93. The molecule has 0 unspecified atom stereocenters. The van der Waals surface area contributed by atoms with Crippen molar-refractivity contribution in [1.29, 1.82) is 0 Å². The Morgan fingerprint density at radius 3 is 2.86 bits per heavy atom. The zero-order chi connectivity index (χ0) is 15.5. The first-order valence-corrected chi connectivity index (χ1v) is 8.00. The molecule has 0 saturated carbocycles. The van der Waals surface area contributed by atoms with E-state index in [1.807, 2.05) is 0 Å². The third-order valence-corrected chi connectivity index (χ3v) is 4.86. The van der Waals surface area contributed by atoms with Gasteiger partial charge >= 0.3 is 6.03 Å². The van der Waals surface area contributed by atoms with Crippen LogP contribution in [0.15, 0.2) is 30.9 Å². The van der Waals surface area contributed by atoms with Crippen molar-refractivity contribution in [1.82, 2.24) is 5.32 Å². The van der Waals surface area contributed by atoms with E-state index in [2.05, 4.69) is 17.2 Å². The number of urea groups is 1. The van der Waals surface area contributed by atoms with Gasteiger partial charge in [-0.25, -0.2) is 17.6 Å². The van der Waals surface area contributed by atoms with Gasteiger partial charge in [0.05, 0.1) is 17.1 Å². The molecular weight excluding hydrogens is 297 g/mol. The molecule has 21 heavy (non-hydrogen) atoms. The first-order chi connectivity index (χ1) is 9.94. The topological polar surface area (TPSA) is 78.5 Å². The highest BCUT2D eigenvalue weighted by atomic mass is 32.2. The summed E-state index contributed by atoms with van der Waals surface area (Å²) in [6, 6.07) is 3.23. The summed E-state index contributed by atoms with van der Waals surface area (Å²) in [4.78, 5) is 11.5. The molecule has 114 valence electrons. The van der Waals surface area contributed by atoms with Crippen LogP contribution >= 0.6 is 0 Å². The summed E-state index contributed by atoms with van der Waals surface area (Å²) in [5.74, 6) is -0.559. The van der Waals surface area contributed by atoms with Crippen LogP contribution < -0.4 is 14.9 Å². The molecule has 0 aromatic heterocycles. The fourth-order valence-electron chi connectivity index (χ4n) is 2.03. The Bertz CT molecular complexity index is 661. The summed E-state index contributed by atoms with van der Waals surface area (Å²) in [6.07, 6.45) is 2.02. The Balaban J connectivity index is 2.21. The van der Waals surface area contributed by atoms with Crippen molar-refractivity contribution in [2.75, 3.05) is 28.5 Å². The van der Waals surface area contributed by atoms with E-state index in [1.54, 1.807) is 0 Å². The largest absolute Gasteiger partial charge is 0.334 e. The maximum absolute atomic E-state index is 13.7. The first-order valence-electron chi connectivity index (χ1n) is 6.40. The molecule has 1 saturated heterocycles. The van der Waals surface area contributed by atoms with Crippen LogP contribution in [-0.4, -0.2) is 33.3 Å². The predicted molar refractivity (Wildman–Crippen MR) is 79.4 cm³/mol. The van der Waals surface area contributed by atoms with E-state index in [0.717, 1.165) is 6.07 Å². The number of anilines is 2. The lowest BCUT2D eigenvalue weighted by molar-refractivity contribution is 0.253. The molecule has 1 aliphatic rings. The third kappa shape index (κ3) is 3.52. The maximum Gasteiger partial charge on any atom is 0.319 e. The number of hydrogen-bond acceptors (Lipinski definition) is 3. The van der Waals surface area contributed by atoms with Crippen LogP contribution in [-0.2, 0) is 10.0 Å². The summed E-state index contributed by atoms with van der Waals surface area (Å²) in [7, 11) is -3.34. The molecule has 1 fully saturated rings. The fraction of sp³-hybridized carbons (Fsp3) is 0.308. The molecule has 2 amide bonds. The Morgan fingerprint density at radius 2 is 2.24 bits per heavy atom. The van der Waals surface area contributed by atoms with Crippen molar-refractivity contribution in [2.45, 2.75) is 6.42 Å². The molecule has 0 radical (unpaired) electrons. The average Bonchev–Trinajstić information content (AvgIpc) is 2.78. The van der Waals surface area contributed by atoms with Crippen LogP contribution in [0.1, 0.15) is 6.42 Å². The molecule has 0 spiro atoms. The van der Waals surface area contributed by atoms with E-state index in [0.29, 0.717) is 18.7 Å². The van der Waals surface area contributed by atoms with Crippen molar-refractivity contribution < 1.29 is 17.6 Å². The maximum atomic E-state index is 13.7. The zero-order valence-electron chi connectivity index (χ0n) is 11.3. The van der Waals surface area contributed by atoms with Crippen LogP contribution in [0.3, 0.4) is 0 Å². The number of halogens is 1. The van der Waals surface area contributed by atoms with Gasteiger partial charge in [0.2, 0.25) is 10.0 Å². The van der Waals surface area contributed by atoms with Gasteiger partial charge in [-0.1, -0.05) is 6.08 Å². The number of carbonyl (C=O) groups is 1. The second kappa shape index (κ2) is 6.13. The Morgan fingerprint density at radius 1 is 1.48 bits per heavy atom. The van der Waals surface area contributed by atoms with E-state index in [4.69, 9.17) is 0 Å². The van der Waals surface area contributed by atoms with Gasteiger partial charge in [-0.3, -0.25) is 4.31 Å². The Labute approximate surface area is 122 Å². The number of hydrogen-bond donors (Lipinski definition) is 2. The Kier molecular flexibility index (Phi) is 4.46. The highest BCUT2D eigenvalue weighted by Gasteiger charge is 2.28. The monoisotopic (exact) mass is 313 g/mol. The van der Waals surface area contributed by atoms with Gasteiger partial charge < -0.3 is 10.6 Å². The molecule has 2 rings (SSSR count). The minimum atomic E-state index is -3.34. The first kappa shape index (κ1) is 15.3. The summed E-state index contributed by atoms with van der Waals surface area (Å²) >= 11 is 0. The molecule has 2 N–H and O–H groups in total. The molecule has 6 nitrogen and oxygen atoms in total. The number of nitrogens with zero attached hydrogens (tertiary/aromatic N) is 1. The molecule has 0 aliphatic carbocycles. The normalized spacial score (nSPS) is 16.5. The van der Waals surface area contributed by atoms with Gasteiger partial charge in [0.15, 0.2) is 0 Å². The van der Waals surface area contributed by atoms with E-state index in [-0.39, 0.29) is 18.0 Å². The van der Waals surface area contributed by atoms with E-state index >= 15 is 0 Å². The van der Waals surface area contributed by atoms with Crippen molar-refractivity contribution in [2.24, 2.45) is 0 Å². The summed E-state index contributed by atoms with van der Waals surface area (Å²) in [5, 5.41) is 4.79. The third-order valence-electron chi connectivity index (χ3n) is 2.99. The fourth-order valence-corrected chi connectivity index (χ4v) is 3.58. The van der Waals surface area contributed by atoms with Crippen molar-refractivity contribution in [3.05, 3.63) is 36.7 Å². The number of rotatable bonds is 4. The zero-order valence-corrected chi connectivity index (χ0v) is 12.1. The van der Waals surface area contributed by atoms with Gasteiger partial charge in [-0.2, -0.15) is 0 Å². The average molecular weight is 313 g/mol. The number of sulfonamides is 1. The van der Waals surface area contributed by atoms with Crippen LogP contribution in [0.4, 0.5) is 20.6 Å². The van der Waals surface area contributed by atoms with Crippen LogP contribution in [0.5, 0.6) is 0 Å². The van der Waals surface area contributed by atoms with E-state index < -0.39 is 21.9 Å². The molecule has 0 atom stereocenters. The molecule has 1 heterocycles. The van der Waals surface area contributed by atoms with E-state index in [9.17, 15) is 17.6 Å². The second-order valence-electron chi connectivity index (χ2n) is 4.53. The van der Waals surface area contributed by atoms with Gasteiger partial charge in [0.1, 0.15) is 5.82 Å². The molecular formula is C13H16FN3O3S. The van der Waals surface area contributed by atoms with Gasteiger partial charge in [-0.05, 0) is 24.6 Å². The van der Waals surface area contributed by atoms with Gasteiger partial charge in [0, 0.05) is 13.1 Å². The molecule has 0 bridgehead atoms. The number of nitrogens with one attached hydrogen (secondary N) is 2. The highest BCUT2D eigenvalue weighted by Crippen LogP contribution is 2.28. The summed E-state index contributed by atoms with van der Waals surface area (Å²) in [5.41, 5.74) is 0.268. The lowest BCUT2D eigenvalue weighted by Crippen LogP contribution is -2.29. The molecule has 1 aliphatic heterocycles. The lowest BCUT2D eigenvalue weighted by Gasteiger charge is -2.18. The number of benzene rings is 1. The second-order valence-corrected chi connectivity index (χ2v) is 6.54. The lowest BCUT2D eigenvalue weighted by atomic mass is 10.2. The van der Waals surface area contributed by atoms with Crippen molar-refractivity contribution in [3.63, 3.8) is 0 Å². The number of amides is 2. The van der Waals surface area contributed by atoms with Crippen molar-refractivity contribution >= 4 is 27.4 Å². The van der Waals surface area contributed by atoms with Crippen LogP contribution in [0, 0.1) is 5.82 Å². The molecule has 1 aromatic carbocycles. The molecule has 1 aromatic rings. The summed E-state index contributed by atoms with van der Waals surface area (Å²) < 4.78 is 38.6. The quantitative estimate of drug-likeness (QED) is 0.830. The van der Waals surface area contributed by atoms with Crippen LogP contribution in [0.25, 0.3) is 0 Å². The standard InChI is InChI=1S/C13H16FN3O3S/c1-2-6-15-13(18)16-12-9-10(4-5-11(12)14)17-7-3-8-21(17,19)20/h2,4-5,9H,1,3,6-8H2,(H2,15,16,18). The number of carbonyl (C=O) groups excluding carboxylic acids is 1. The van der Waals surface area contributed by atoms with Crippen molar-refractivity contribution in [3.8, 4) is 0 Å². The molecule has 8 heteroatoms. The van der Waals surface area contributed by atoms with Gasteiger partial charge in [0.25, 0.3) is 0 Å². The minimum Gasteiger partial charge on any atom is -0.334 e. The van der Waals surface area contributed by atoms with Gasteiger partial charge in [-0.15, -0.1) is 6.58 Å². The van der Waals surface area contributed by atoms with Crippen LogP contribution in [0.2, 0.25) is 0 Å².